The number of thiophene rings is 2. The molecule has 11 aromatic rings. The molecule has 3 heteroatoms. The molecule has 254 valence electrons. The van der Waals surface area contributed by atoms with Crippen LogP contribution in [0.2, 0.25) is 0 Å². The standard InChI is InChI=1S/C51H33NS2/c1-51(2)42-23-19-30(28-41(42)48-43(51)24-22-38-36-14-7-9-18-47(36)54-50(38)48)31-20-25-44-39(27-31)40-29-32(21-26-45(40)52(44)33-11-4-3-5-12-33)34-15-10-16-37-35-13-6-8-17-46(35)53-49(34)37/h3-29H,1-2H3. The van der Waals surface area contributed by atoms with Crippen LogP contribution in [0.5, 0.6) is 0 Å². The largest absolute Gasteiger partial charge is 0.309 e. The molecule has 0 amide bonds. The Morgan fingerprint density at radius 1 is 0.407 bits per heavy atom. The van der Waals surface area contributed by atoms with Crippen molar-refractivity contribution >= 4 is 84.8 Å². The maximum Gasteiger partial charge on any atom is 0.0541 e. The number of para-hydroxylation sites is 1. The van der Waals surface area contributed by atoms with Gasteiger partial charge in [0.05, 0.1) is 11.0 Å². The van der Waals surface area contributed by atoms with Gasteiger partial charge in [-0.15, -0.1) is 22.7 Å². The molecule has 0 aliphatic heterocycles. The third-order valence-electron chi connectivity index (χ3n) is 12.0. The molecule has 0 unspecified atom stereocenters. The van der Waals surface area contributed by atoms with Crippen LogP contribution in [0.1, 0.15) is 25.0 Å². The summed E-state index contributed by atoms with van der Waals surface area (Å²) in [6.45, 7) is 4.77. The summed E-state index contributed by atoms with van der Waals surface area (Å²) in [4.78, 5) is 0. The van der Waals surface area contributed by atoms with Gasteiger partial charge >= 0.3 is 0 Å². The second-order valence-corrected chi connectivity index (χ2v) is 17.4. The van der Waals surface area contributed by atoms with Crippen LogP contribution in [0.15, 0.2) is 164 Å². The molecule has 0 saturated heterocycles. The third kappa shape index (κ3) is 4.14. The van der Waals surface area contributed by atoms with Crippen molar-refractivity contribution in [1.82, 2.24) is 4.57 Å². The van der Waals surface area contributed by atoms with Crippen molar-refractivity contribution in [1.29, 1.82) is 0 Å². The molecule has 1 aliphatic rings. The normalized spacial score (nSPS) is 13.5. The Hall–Kier alpha value is -6.00. The highest BCUT2D eigenvalue weighted by Crippen LogP contribution is 2.54. The van der Waals surface area contributed by atoms with Gasteiger partial charge in [0.15, 0.2) is 0 Å². The highest BCUT2D eigenvalue weighted by atomic mass is 32.1. The molecule has 0 radical (unpaired) electrons. The summed E-state index contributed by atoms with van der Waals surface area (Å²) in [5.41, 5.74) is 14.2. The Bertz CT molecular complexity index is 3350. The van der Waals surface area contributed by atoms with Gasteiger partial charge in [0.2, 0.25) is 0 Å². The van der Waals surface area contributed by atoms with E-state index in [1.807, 2.05) is 22.7 Å². The van der Waals surface area contributed by atoms with E-state index in [-0.39, 0.29) is 5.41 Å². The van der Waals surface area contributed by atoms with Gasteiger partial charge in [-0.25, -0.2) is 0 Å². The van der Waals surface area contributed by atoms with E-state index >= 15 is 0 Å². The van der Waals surface area contributed by atoms with Gasteiger partial charge in [-0.3, -0.25) is 0 Å². The number of nitrogens with zero attached hydrogens (tertiary/aromatic N) is 1. The Kier molecular flexibility index (Phi) is 6.22. The lowest BCUT2D eigenvalue weighted by Crippen LogP contribution is -2.14. The lowest BCUT2D eigenvalue weighted by molar-refractivity contribution is 0.661. The topological polar surface area (TPSA) is 4.93 Å². The predicted octanol–water partition coefficient (Wildman–Crippen LogP) is 15.2. The second-order valence-electron chi connectivity index (χ2n) is 15.3. The van der Waals surface area contributed by atoms with Crippen LogP contribution in [0.3, 0.4) is 0 Å². The zero-order chi connectivity index (χ0) is 35.7. The van der Waals surface area contributed by atoms with Crippen LogP contribution >= 0.6 is 22.7 Å². The van der Waals surface area contributed by atoms with Crippen LogP contribution < -0.4 is 0 Å². The Labute approximate surface area is 321 Å². The van der Waals surface area contributed by atoms with Crippen molar-refractivity contribution < 1.29 is 0 Å². The monoisotopic (exact) mass is 723 g/mol. The molecule has 0 N–H and O–H groups in total. The quantitative estimate of drug-likeness (QED) is 0.171. The van der Waals surface area contributed by atoms with E-state index in [2.05, 4.69) is 182 Å². The van der Waals surface area contributed by atoms with Crippen molar-refractivity contribution in [2.24, 2.45) is 0 Å². The SMILES string of the molecule is CC1(C)c2ccc(-c3ccc4c(c3)c3cc(-c5cccc6c5sc5ccccc56)ccc3n4-c3ccccc3)cc2-c2c1ccc1c2sc2ccccc21. The minimum atomic E-state index is -0.0612. The van der Waals surface area contributed by atoms with Crippen LogP contribution in [-0.2, 0) is 5.41 Å². The fourth-order valence-corrected chi connectivity index (χ4v) is 11.9. The molecular formula is C51H33NS2. The molecule has 0 fully saturated rings. The van der Waals surface area contributed by atoms with E-state index in [0.29, 0.717) is 0 Å². The number of aromatic nitrogens is 1. The number of rotatable bonds is 3. The smallest absolute Gasteiger partial charge is 0.0541 e. The molecule has 3 heterocycles. The lowest BCUT2D eigenvalue weighted by Gasteiger charge is -2.21. The first-order valence-electron chi connectivity index (χ1n) is 18.7. The first kappa shape index (κ1) is 30.5. The van der Waals surface area contributed by atoms with Crippen molar-refractivity contribution in [3.63, 3.8) is 0 Å². The average Bonchev–Trinajstić information content (AvgIpc) is 3.94. The number of hydrogen-bond donors (Lipinski definition) is 0. The maximum absolute atomic E-state index is 2.47. The fraction of sp³-hybridized carbons (Fsp3) is 0.0588. The summed E-state index contributed by atoms with van der Waals surface area (Å²) in [7, 11) is 0. The number of hydrogen-bond acceptors (Lipinski definition) is 2. The van der Waals surface area contributed by atoms with Crippen LogP contribution in [-0.4, -0.2) is 4.57 Å². The molecule has 0 atom stereocenters. The van der Waals surface area contributed by atoms with Gasteiger partial charge in [-0.2, -0.15) is 0 Å². The molecular weight excluding hydrogens is 691 g/mol. The first-order chi connectivity index (χ1) is 26.5. The summed E-state index contributed by atoms with van der Waals surface area (Å²) in [5.74, 6) is 0. The van der Waals surface area contributed by atoms with Gasteiger partial charge in [0, 0.05) is 67.8 Å². The Morgan fingerprint density at radius 3 is 1.74 bits per heavy atom. The van der Waals surface area contributed by atoms with Gasteiger partial charge in [0.1, 0.15) is 0 Å². The van der Waals surface area contributed by atoms with Crippen molar-refractivity contribution in [2.45, 2.75) is 19.3 Å². The van der Waals surface area contributed by atoms with E-state index in [1.165, 1.54) is 112 Å². The zero-order valence-corrected chi connectivity index (χ0v) is 31.5. The lowest BCUT2D eigenvalue weighted by atomic mass is 9.82. The molecule has 8 aromatic carbocycles. The molecule has 0 spiro atoms. The van der Waals surface area contributed by atoms with Crippen molar-refractivity contribution in [3.8, 4) is 39.1 Å². The van der Waals surface area contributed by atoms with E-state index in [9.17, 15) is 0 Å². The Balaban J connectivity index is 1.08. The number of benzene rings is 8. The van der Waals surface area contributed by atoms with E-state index in [0.717, 1.165) is 0 Å². The molecule has 12 rings (SSSR count). The highest BCUT2D eigenvalue weighted by molar-refractivity contribution is 7.26. The van der Waals surface area contributed by atoms with Gasteiger partial charge in [-0.1, -0.05) is 123 Å². The molecule has 1 aliphatic carbocycles. The fourth-order valence-electron chi connectivity index (χ4n) is 9.40. The van der Waals surface area contributed by atoms with Gasteiger partial charge < -0.3 is 4.57 Å². The van der Waals surface area contributed by atoms with Crippen LogP contribution in [0.25, 0.3) is 101 Å². The molecule has 0 saturated carbocycles. The molecule has 1 nitrogen and oxygen atoms in total. The summed E-state index contributed by atoms with van der Waals surface area (Å²) in [6, 6.07) is 61.3. The minimum absolute atomic E-state index is 0.0612. The van der Waals surface area contributed by atoms with Crippen molar-refractivity contribution in [2.75, 3.05) is 0 Å². The number of fused-ring (bicyclic) bond motifs is 13. The van der Waals surface area contributed by atoms with Crippen LogP contribution in [0, 0.1) is 0 Å². The van der Waals surface area contributed by atoms with Gasteiger partial charge in [-0.05, 0) is 93.5 Å². The minimum Gasteiger partial charge on any atom is -0.309 e. The molecule has 54 heavy (non-hydrogen) atoms. The second kappa shape index (κ2) is 11.0. The van der Waals surface area contributed by atoms with E-state index in [4.69, 9.17) is 0 Å². The van der Waals surface area contributed by atoms with E-state index < -0.39 is 0 Å². The van der Waals surface area contributed by atoms with E-state index in [1.54, 1.807) is 0 Å². The molecule has 3 aromatic heterocycles. The zero-order valence-electron chi connectivity index (χ0n) is 29.9. The summed E-state index contributed by atoms with van der Waals surface area (Å²) in [5, 5.41) is 7.91. The summed E-state index contributed by atoms with van der Waals surface area (Å²) >= 11 is 3.83. The highest BCUT2D eigenvalue weighted by Gasteiger charge is 2.37. The molecule has 0 bridgehead atoms. The Morgan fingerprint density at radius 2 is 0.981 bits per heavy atom. The predicted molar refractivity (Wildman–Crippen MR) is 235 cm³/mol. The average molecular weight is 724 g/mol. The van der Waals surface area contributed by atoms with Crippen LogP contribution in [0.4, 0.5) is 0 Å². The maximum atomic E-state index is 2.47. The van der Waals surface area contributed by atoms with Crippen molar-refractivity contribution in [3.05, 3.63) is 175 Å². The third-order valence-corrected chi connectivity index (χ3v) is 14.4. The first-order valence-corrected chi connectivity index (χ1v) is 20.3. The summed E-state index contributed by atoms with van der Waals surface area (Å²) in [6.07, 6.45) is 0. The van der Waals surface area contributed by atoms with Gasteiger partial charge in [0.25, 0.3) is 0 Å². The summed E-state index contributed by atoms with van der Waals surface area (Å²) < 4.78 is 7.86.